The van der Waals surface area contributed by atoms with Crippen LogP contribution in [0.4, 0.5) is 8.78 Å². The van der Waals surface area contributed by atoms with Crippen molar-refractivity contribution in [2.75, 3.05) is 13.1 Å². The van der Waals surface area contributed by atoms with Gasteiger partial charge in [-0.3, -0.25) is 0 Å². The minimum absolute atomic E-state index is 0.267. The van der Waals surface area contributed by atoms with Gasteiger partial charge in [0.1, 0.15) is 12.0 Å². The van der Waals surface area contributed by atoms with Crippen molar-refractivity contribution in [1.82, 2.24) is 10.3 Å². The van der Waals surface area contributed by atoms with E-state index < -0.39 is 5.92 Å². The molecule has 3 nitrogen and oxygen atoms in total. The van der Waals surface area contributed by atoms with Crippen molar-refractivity contribution < 1.29 is 13.2 Å². The second kappa shape index (κ2) is 4.49. The SMILES string of the molecule is CC(F)(F)c1coc(CC2CCNCC2)n1. The van der Waals surface area contributed by atoms with Crippen molar-refractivity contribution in [3.8, 4) is 0 Å². The highest BCUT2D eigenvalue weighted by atomic mass is 19.3. The van der Waals surface area contributed by atoms with Gasteiger partial charge in [-0.15, -0.1) is 0 Å². The molecule has 90 valence electrons. The number of piperidine rings is 1. The number of hydrogen-bond acceptors (Lipinski definition) is 3. The predicted molar refractivity (Wildman–Crippen MR) is 55.4 cm³/mol. The third-order valence-electron chi connectivity index (χ3n) is 2.92. The fourth-order valence-electron chi connectivity index (χ4n) is 1.94. The summed E-state index contributed by atoms with van der Waals surface area (Å²) in [6.07, 6.45) is 3.84. The van der Waals surface area contributed by atoms with Crippen LogP contribution in [-0.2, 0) is 12.3 Å². The van der Waals surface area contributed by atoms with E-state index in [0.29, 0.717) is 18.2 Å². The summed E-state index contributed by atoms with van der Waals surface area (Å²) in [6.45, 7) is 2.81. The van der Waals surface area contributed by atoms with Crippen molar-refractivity contribution in [1.29, 1.82) is 0 Å². The summed E-state index contributed by atoms with van der Waals surface area (Å²) in [6, 6.07) is 0. The number of aromatic nitrogens is 1. The molecule has 0 atom stereocenters. The van der Waals surface area contributed by atoms with Gasteiger partial charge in [-0.05, 0) is 31.8 Å². The van der Waals surface area contributed by atoms with Crippen LogP contribution in [0.15, 0.2) is 10.7 Å². The summed E-state index contributed by atoms with van der Waals surface area (Å²) in [5, 5.41) is 3.26. The maximum atomic E-state index is 12.9. The fourth-order valence-corrected chi connectivity index (χ4v) is 1.94. The Balaban J connectivity index is 1.97. The first-order valence-electron chi connectivity index (χ1n) is 5.59. The van der Waals surface area contributed by atoms with Gasteiger partial charge in [0.25, 0.3) is 5.92 Å². The molecule has 1 saturated heterocycles. The molecule has 0 radical (unpaired) electrons. The fraction of sp³-hybridized carbons (Fsp3) is 0.727. The molecule has 16 heavy (non-hydrogen) atoms. The minimum atomic E-state index is -2.91. The van der Waals surface area contributed by atoms with Crippen LogP contribution in [0.3, 0.4) is 0 Å². The summed E-state index contributed by atoms with van der Waals surface area (Å²) in [5.41, 5.74) is -0.267. The van der Waals surface area contributed by atoms with E-state index in [1.807, 2.05) is 0 Å². The summed E-state index contributed by atoms with van der Waals surface area (Å²) in [5.74, 6) is -1.97. The largest absolute Gasteiger partial charge is 0.448 e. The van der Waals surface area contributed by atoms with Crippen LogP contribution in [0.25, 0.3) is 0 Å². The molecular weight excluding hydrogens is 214 g/mol. The van der Waals surface area contributed by atoms with E-state index in [4.69, 9.17) is 4.42 Å². The first-order chi connectivity index (χ1) is 7.55. The number of nitrogens with zero attached hydrogens (tertiary/aromatic N) is 1. The molecule has 0 bridgehead atoms. The van der Waals surface area contributed by atoms with Crippen molar-refractivity contribution in [2.24, 2.45) is 5.92 Å². The molecule has 2 rings (SSSR count). The predicted octanol–water partition coefficient (Wildman–Crippen LogP) is 2.33. The summed E-state index contributed by atoms with van der Waals surface area (Å²) < 4.78 is 30.9. The van der Waals surface area contributed by atoms with Crippen molar-refractivity contribution in [2.45, 2.75) is 32.1 Å². The van der Waals surface area contributed by atoms with E-state index in [9.17, 15) is 8.78 Å². The molecule has 1 aliphatic rings. The molecular formula is C11H16F2N2O. The summed E-state index contributed by atoms with van der Waals surface area (Å²) in [7, 11) is 0. The molecule has 1 aromatic heterocycles. The lowest BCUT2D eigenvalue weighted by Crippen LogP contribution is -2.28. The third kappa shape index (κ3) is 2.78. The van der Waals surface area contributed by atoms with Gasteiger partial charge in [0.05, 0.1) is 0 Å². The molecule has 1 fully saturated rings. The third-order valence-corrected chi connectivity index (χ3v) is 2.92. The van der Waals surface area contributed by atoms with Gasteiger partial charge in [-0.2, -0.15) is 8.78 Å². The minimum Gasteiger partial charge on any atom is -0.448 e. The maximum Gasteiger partial charge on any atom is 0.290 e. The van der Waals surface area contributed by atoms with Gasteiger partial charge in [0.15, 0.2) is 5.89 Å². The topological polar surface area (TPSA) is 38.1 Å². The number of nitrogens with one attached hydrogen (secondary N) is 1. The molecule has 1 aliphatic heterocycles. The smallest absolute Gasteiger partial charge is 0.290 e. The lowest BCUT2D eigenvalue weighted by molar-refractivity contribution is 0.0126. The highest BCUT2D eigenvalue weighted by molar-refractivity contribution is 5.03. The highest BCUT2D eigenvalue weighted by Crippen LogP contribution is 2.27. The lowest BCUT2D eigenvalue weighted by Gasteiger charge is -2.20. The first-order valence-corrected chi connectivity index (χ1v) is 5.59. The molecule has 0 unspecified atom stereocenters. The lowest BCUT2D eigenvalue weighted by atomic mass is 9.95. The number of oxazole rings is 1. The number of rotatable bonds is 3. The van der Waals surface area contributed by atoms with E-state index in [1.165, 1.54) is 0 Å². The first kappa shape index (κ1) is 11.5. The Morgan fingerprint density at radius 2 is 2.19 bits per heavy atom. The van der Waals surface area contributed by atoms with Crippen LogP contribution in [0, 0.1) is 5.92 Å². The summed E-state index contributed by atoms with van der Waals surface area (Å²) in [4.78, 5) is 3.84. The second-order valence-electron chi connectivity index (χ2n) is 4.41. The van der Waals surface area contributed by atoms with Crippen molar-refractivity contribution in [3.63, 3.8) is 0 Å². The molecule has 1 N–H and O–H groups in total. The molecule has 0 saturated carbocycles. The quantitative estimate of drug-likeness (QED) is 0.866. The van der Waals surface area contributed by atoms with Gasteiger partial charge in [-0.25, -0.2) is 4.98 Å². The van der Waals surface area contributed by atoms with Crippen molar-refractivity contribution >= 4 is 0 Å². The van der Waals surface area contributed by atoms with Crippen LogP contribution in [0.5, 0.6) is 0 Å². The van der Waals surface area contributed by atoms with E-state index in [0.717, 1.165) is 39.1 Å². The van der Waals surface area contributed by atoms with Crippen LogP contribution in [-0.4, -0.2) is 18.1 Å². The average molecular weight is 230 g/mol. The highest BCUT2D eigenvalue weighted by Gasteiger charge is 2.29. The van der Waals surface area contributed by atoms with Crippen LogP contribution in [0.2, 0.25) is 0 Å². The van der Waals surface area contributed by atoms with Gasteiger partial charge in [0, 0.05) is 13.3 Å². The molecule has 5 heteroatoms. The van der Waals surface area contributed by atoms with Crippen molar-refractivity contribution in [3.05, 3.63) is 17.8 Å². The van der Waals surface area contributed by atoms with Gasteiger partial charge in [-0.1, -0.05) is 0 Å². The van der Waals surface area contributed by atoms with Gasteiger partial charge < -0.3 is 9.73 Å². The Bertz CT molecular complexity index is 340. The van der Waals surface area contributed by atoms with Crippen LogP contribution < -0.4 is 5.32 Å². The molecule has 2 heterocycles. The zero-order valence-corrected chi connectivity index (χ0v) is 9.30. The Kier molecular flexibility index (Phi) is 3.23. The van der Waals surface area contributed by atoms with Crippen LogP contribution >= 0.6 is 0 Å². The standard InChI is InChI=1S/C11H16F2N2O/c1-11(12,13)9-7-16-10(15-9)6-8-2-4-14-5-3-8/h7-8,14H,2-6H2,1H3. The van der Waals surface area contributed by atoms with E-state index >= 15 is 0 Å². The monoisotopic (exact) mass is 230 g/mol. The average Bonchev–Trinajstić information content (AvgIpc) is 2.67. The zero-order valence-electron chi connectivity index (χ0n) is 9.30. The molecule has 0 amide bonds. The molecule has 0 aliphatic carbocycles. The van der Waals surface area contributed by atoms with Gasteiger partial charge >= 0.3 is 0 Å². The number of halogens is 2. The Labute approximate surface area is 93.2 Å². The van der Waals surface area contributed by atoms with Gasteiger partial charge in [0.2, 0.25) is 0 Å². The molecule has 0 aromatic carbocycles. The maximum absolute atomic E-state index is 12.9. The Hall–Kier alpha value is -0.970. The number of hydrogen-bond donors (Lipinski definition) is 1. The Morgan fingerprint density at radius 3 is 2.75 bits per heavy atom. The normalized spacial score (nSPS) is 18.9. The van der Waals surface area contributed by atoms with Crippen LogP contribution in [0.1, 0.15) is 31.4 Å². The summed E-state index contributed by atoms with van der Waals surface area (Å²) >= 11 is 0. The zero-order chi connectivity index (χ0) is 11.6. The Morgan fingerprint density at radius 1 is 1.50 bits per heavy atom. The molecule has 0 spiro atoms. The van der Waals surface area contributed by atoms with E-state index in [2.05, 4.69) is 10.3 Å². The second-order valence-corrected chi connectivity index (χ2v) is 4.41. The molecule has 1 aromatic rings. The van der Waals surface area contributed by atoms with E-state index in [1.54, 1.807) is 0 Å². The van der Waals surface area contributed by atoms with E-state index in [-0.39, 0.29) is 5.69 Å². The number of alkyl halides is 2.